The number of nitrogens with one attached hydrogen (secondary N) is 1. The van der Waals surface area contributed by atoms with Gasteiger partial charge < -0.3 is 10.4 Å². The summed E-state index contributed by atoms with van der Waals surface area (Å²) in [5.41, 5.74) is 2.38. The minimum Gasteiger partial charge on any atom is -0.478 e. The predicted molar refractivity (Wildman–Crippen MR) is 84.2 cm³/mol. The van der Waals surface area contributed by atoms with E-state index in [1.165, 1.54) is 5.56 Å². The third-order valence-corrected chi connectivity index (χ3v) is 5.04. The van der Waals surface area contributed by atoms with Gasteiger partial charge in [-0.25, -0.2) is 4.79 Å². The molecule has 22 heavy (non-hydrogen) atoms. The van der Waals surface area contributed by atoms with Crippen LogP contribution in [-0.4, -0.2) is 17.0 Å². The number of benzene rings is 2. The van der Waals surface area contributed by atoms with Crippen molar-refractivity contribution in [1.29, 1.82) is 0 Å². The SMILES string of the molecule is O=C(O)c1ccc2c3c(ccc2c1)NC(=O)[C@@H]1CCCC[C@H]31. The molecule has 1 heterocycles. The maximum absolute atomic E-state index is 12.3. The molecule has 0 unspecified atom stereocenters. The van der Waals surface area contributed by atoms with Crippen LogP contribution in [0.2, 0.25) is 0 Å². The number of anilines is 1. The molecule has 1 saturated carbocycles. The molecule has 0 aromatic heterocycles. The van der Waals surface area contributed by atoms with Gasteiger partial charge in [0.2, 0.25) is 5.91 Å². The number of carbonyl (C=O) groups excluding carboxylic acids is 1. The Balaban J connectivity index is 1.93. The van der Waals surface area contributed by atoms with Crippen LogP contribution < -0.4 is 5.32 Å². The van der Waals surface area contributed by atoms with E-state index >= 15 is 0 Å². The standard InChI is InChI=1S/C18H17NO3/c20-17-14-4-2-1-3-13(14)16-12-7-5-11(18(21)22)9-10(12)6-8-15(16)19-17/h5-9,13-14H,1-4H2,(H,19,20)(H,21,22)/t13-,14+/m0/s1. The first-order chi connectivity index (χ1) is 10.6. The van der Waals surface area contributed by atoms with E-state index in [0.717, 1.165) is 42.1 Å². The molecule has 4 heteroatoms. The molecule has 1 aliphatic heterocycles. The second-order valence-electron chi connectivity index (χ2n) is 6.25. The molecule has 1 fully saturated rings. The van der Waals surface area contributed by atoms with Gasteiger partial charge in [-0.3, -0.25) is 4.79 Å². The molecule has 0 spiro atoms. The molecule has 1 amide bonds. The van der Waals surface area contributed by atoms with Crippen molar-refractivity contribution < 1.29 is 14.7 Å². The number of rotatable bonds is 1. The van der Waals surface area contributed by atoms with E-state index in [2.05, 4.69) is 5.32 Å². The number of amides is 1. The molecule has 2 atom stereocenters. The summed E-state index contributed by atoms with van der Waals surface area (Å²) in [5, 5.41) is 14.2. The van der Waals surface area contributed by atoms with Crippen LogP contribution >= 0.6 is 0 Å². The van der Waals surface area contributed by atoms with E-state index in [-0.39, 0.29) is 17.7 Å². The quantitative estimate of drug-likeness (QED) is 0.841. The molecule has 2 N–H and O–H groups in total. The molecule has 2 aromatic rings. The summed E-state index contributed by atoms with van der Waals surface area (Å²) in [6.45, 7) is 0. The van der Waals surface area contributed by atoms with Gasteiger partial charge in [-0.15, -0.1) is 0 Å². The van der Waals surface area contributed by atoms with E-state index in [1.54, 1.807) is 12.1 Å². The van der Waals surface area contributed by atoms with Gasteiger partial charge in [0.15, 0.2) is 0 Å². The predicted octanol–water partition coefficient (Wildman–Crippen LogP) is 3.76. The fourth-order valence-electron chi connectivity index (χ4n) is 4.01. The maximum Gasteiger partial charge on any atom is 0.335 e. The van der Waals surface area contributed by atoms with Crippen LogP contribution in [0.1, 0.15) is 47.5 Å². The highest BCUT2D eigenvalue weighted by Crippen LogP contribution is 2.47. The molecule has 0 radical (unpaired) electrons. The fourth-order valence-corrected chi connectivity index (χ4v) is 4.01. The number of aromatic carboxylic acids is 1. The van der Waals surface area contributed by atoms with Gasteiger partial charge in [0.25, 0.3) is 0 Å². The van der Waals surface area contributed by atoms with Gasteiger partial charge in [0.1, 0.15) is 0 Å². The third kappa shape index (κ3) is 1.90. The van der Waals surface area contributed by atoms with Crippen LogP contribution in [0.25, 0.3) is 10.8 Å². The smallest absolute Gasteiger partial charge is 0.335 e. The second kappa shape index (κ2) is 4.83. The van der Waals surface area contributed by atoms with Crippen molar-refractivity contribution in [2.24, 2.45) is 5.92 Å². The van der Waals surface area contributed by atoms with E-state index in [0.29, 0.717) is 5.56 Å². The van der Waals surface area contributed by atoms with Gasteiger partial charge in [-0.2, -0.15) is 0 Å². The number of carboxylic acid groups (broad SMARTS) is 1. The lowest BCUT2D eigenvalue weighted by Crippen LogP contribution is -2.35. The summed E-state index contributed by atoms with van der Waals surface area (Å²) in [5.74, 6) is -0.454. The average molecular weight is 295 g/mol. The molecule has 0 saturated heterocycles. The highest BCUT2D eigenvalue weighted by Gasteiger charge is 2.38. The van der Waals surface area contributed by atoms with Crippen molar-refractivity contribution in [2.75, 3.05) is 5.32 Å². The molecular formula is C18H17NO3. The van der Waals surface area contributed by atoms with Crippen LogP contribution in [-0.2, 0) is 4.79 Å². The lowest BCUT2D eigenvalue weighted by molar-refractivity contribution is -0.121. The van der Waals surface area contributed by atoms with Gasteiger partial charge >= 0.3 is 5.97 Å². The maximum atomic E-state index is 12.3. The van der Waals surface area contributed by atoms with Crippen molar-refractivity contribution >= 4 is 28.3 Å². The average Bonchev–Trinajstić information content (AvgIpc) is 2.54. The van der Waals surface area contributed by atoms with E-state index in [4.69, 9.17) is 5.11 Å². The number of carbonyl (C=O) groups is 2. The Labute approximate surface area is 128 Å². The highest BCUT2D eigenvalue weighted by atomic mass is 16.4. The Hall–Kier alpha value is -2.36. The van der Waals surface area contributed by atoms with E-state index in [9.17, 15) is 9.59 Å². The molecule has 112 valence electrons. The number of hydrogen-bond donors (Lipinski definition) is 2. The molecule has 0 bridgehead atoms. The zero-order valence-corrected chi connectivity index (χ0v) is 12.1. The van der Waals surface area contributed by atoms with Crippen molar-refractivity contribution in [3.63, 3.8) is 0 Å². The van der Waals surface area contributed by atoms with Crippen molar-refractivity contribution in [1.82, 2.24) is 0 Å². The van der Waals surface area contributed by atoms with Crippen LogP contribution in [0, 0.1) is 5.92 Å². The zero-order chi connectivity index (χ0) is 15.3. The van der Waals surface area contributed by atoms with E-state index in [1.807, 2.05) is 18.2 Å². The molecule has 4 nitrogen and oxygen atoms in total. The van der Waals surface area contributed by atoms with Crippen molar-refractivity contribution in [3.05, 3.63) is 41.5 Å². The normalized spacial score (nSPS) is 23.5. The summed E-state index contributed by atoms with van der Waals surface area (Å²) >= 11 is 0. The topological polar surface area (TPSA) is 66.4 Å². The Morgan fingerprint density at radius 3 is 2.64 bits per heavy atom. The van der Waals surface area contributed by atoms with Gasteiger partial charge in [-0.1, -0.05) is 25.0 Å². The molecule has 2 aromatic carbocycles. The summed E-state index contributed by atoms with van der Waals surface area (Å²) in [4.78, 5) is 23.4. The lowest BCUT2D eigenvalue weighted by atomic mass is 9.71. The zero-order valence-electron chi connectivity index (χ0n) is 12.1. The first kappa shape index (κ1) is 13.3. The Bertz CT molecular complexity index is 796. The van der Waals surface area contributed by atoms with Gasteiger partial charge in [0.05, 0.1) is 5.56 Å². The van der Waals surface area contributed by atoms with Crippen molar-refractivity contribution in [3.8, 4) is 0 Å². The van der Waals surface area contributed by atoms with Crippen LogP contribution in [0.5, 0.6) is 0 Å². The van der Waals surface area contributed by atoms with Crippen molar-refractivity contribution in [2.45, 2.75) is 31.6 Å². The minimum atomic E-state index is -0.913. The largest absolute Gasteiger partial charge is 0.478 e. The first-order valence-electron chi connectivity index (χ1n) is 7.76. The summed E-state index contributed by atoms with van der Waals surface area (Å²) < 4.78 is 0. The molecule has 4 rings (SSSR count). The summed E-state index contributed by atoms with van der Waals surface area (Å²) in [7, 11) is 0. The Kier molecular flexibility index (Phi) is 2.93. The van der Waals surface area contributed by atoms with Crippen LogP contribution in [0.15, 0.2) is 30.3 Å². The van der Waals surface area contributed by atoms with Crippen LogP contribution in [0.4, 0.5) is 5.69 Å². The monoisotopic (exact) mass is 295 g/mol. The van der Waals surface area contributed by atoms with Gasteiger partial charge in [0, 0.05) is 11.6 Å². The lowest BCUT2D eigenvalue weighted by Gasteiger charge is -2.37. The van der Waals surface area contributed by atoms with E-state index < -0.39 is 5.97 Å². The Morgan fingerprint density at radius 1 is 1.09 bits per heavy atom. The summed E-state index contributed by atoms with van der Waals surface area (Å²) in [6.07, 6.45) is 4.24. The molecular weight excluding hydrogens is 278 g/mol. The summed E-state index contributed by atoms with van der Waals surface area (Å²) in [6, 6.07) is 9.06. The Morgan fingerprint density at radius 2 is 1.86 bits per heavy atom. The fraction of sp³-hybridized carbons (Fsp3) is 0.333. The number of carboxylic acids is 1. The first-order valence-corrected chi connectivity index (χ1v) is 7.76. The molecule has 1 aliphatic carbocycles. The minimum absolute atomic E-state index is 0.0611. The third-order valence-electron chi connectivity index (χ3n) is 5.04. The number of fused-ring (bicyclic) bond motifs is 5. The molecule has 2 aliphatic rings. The highest BCUT2D eigenvalue weighted by molar-refractivity contribution is 6.03. The van der Waals surface area contributed by atoms with Crippen LogP contribution in [0.3, 0.4) is 0 Å². The second-order valence-corrected chi connectivity index (χ2v) is 6.25. The van der Waals surface area contributed by atoms with Gasteiger partial charge in [-0.05, 0) is 53.3 Å². The number of hydrogen-bond acceptors (Lipinski definition) is 2.